The van der Waals surface area contributed by atoms with Crippen LogP contribution >= 0.6 is 0 Å². The lowest BCUT2D eigenvalue weighted by Gasteiger charge is -2.18. The summed E-state index contributed by atoms with van der Waals surface area (Å²) in [7, 11) is 0. The van der Waals surface area contributed by atoms with E-state index in [1.807, 2.05) is 0 Å². The summed E-state index contributed by atoms with van der Waals surface area (Å²) in [6.45, 7) is 9.26. The van der Waals surface area contributed by atoms with Gasteiger partial charge in [0.15, 0.2) is 0 Å². The second kappa shape index (κ2) is 23.0. The fraction of sp³-hybridized carbons (Fsp3) is 0.929. The first-order valence-corrected chi connectivity index (χ1v) is 13.4. The van der Waals surface area contributed by atoms with Gasteiger partial charge < -0.3 is 0 Å². The van der Waals surface area contributed by atoms with Gasteiger partial charge >= 0.3 is 0 Å². The third-order valence-electron chi connectivity index (χ3n) is 6.81. The Morgan fingerprint density at radius 1 is 0.500 bits per heavy atom. The number of unbranched alkanes of at least 4 members (excludes halogenated alkanes) is 11. The second-order valence-electron chi connectivity index (χ2n) is 9.30. The van der Waals surface area contributed by atoms with Crippen molar-refractivity contribution in [2.75, 3.05) is 0 Å². The molecule has 0 aromatic rings. The van der Waals surface area contributed by atoms with Gasteiger partial charge in [0.05, 0.1) is 0 Å². The standard InChI is InChI=1S/C28H56/c1-5-9-11-12-13-14-15-16-17-18-19-21-24-28(8-4)26-22-25-27(7-3)23-20-10-6-2/h5,9,27-28H,6-8,10-26H2,1-4H3. The van der Waals surface area contributed by atoms with E-state index in [0.717, 1.165) is 11.8 Å². The molecule has 0 fully saturated rings. The molecule has 0 aliphatic rings. The average molecular weight is 393 g/mol. The molecule has 0 heterocycles. The van der Waals surface area contributed by atoms with E-state index >= 15 is 0 Å². The largest absolute Gasteiger partial charge is 0.0917 e. The summed E-state index contributed by atoms with van der Waals surface area (Å²) in [6.07, 6.45) is 33.4. The molecule has 0 aromatic carbocycles. The topological polar surface area (TPSA) is 0 Å². The van der Waals surface area contributed by atoms with E-state index in [1.165, 1.54) is 128 Å². The molecule has 0 N–H and O–H groups in total. The molecule has 0 spiro atoms. The van der Waals surface area contributed by atoms with Crippen molar-refractivity contribution in [2.45, 2.75) is 156 Å². The predicted molar refractivity (Wildman–Crippen MR) is 131 cm³/mol. The SMILES string of the molecule is CC=CCCCCCCCCCCCC(CC)CCCC(CC)CCCCC. The minimum Gasteiger partial charge on any atom is -0.0917 e. The number of hydrogen-bond donors (Lipinski definition) is 0. The van der Waals surface area contributed by atoms with Crippen LogP contribution < -0.4 is 0 Å². The van der Waals surface area contributed by atoms with Gasteiger partial charge in [-0.05, 0) is 31.6 Å². The highest BCUT2D eigenvalue weighted by Crippen LogP contribution is 2.25. The summed E-state index contributed by atoms with van der Waals surface area (Å²) in [6, 6.07) is 0. The number of rotatable bonds is 22. The molecule has 0 aliphatic heterocycles. The number of hydrogen-bond acceptors (Lipinski definition) is 0. The first-order valence-electron chi connectivity index (χ1n) is 13.4. The lowest BCUT2D eigenvalue weighted by Crippen LogP contribution is -2.03. The van der Waals surface area contributed by atoms with Gasteiger partial charge in [0.25, 0.3) is 0 Å². The maximum absolute atomic E-state index is 2.42. The summed E-state index contributed by atoms with van der Waals surface area (Å²) in [5.41, 5.74) is 0. The molecular formula is C28H56. The molecule has 0 radical (unpaired) electrons. The predicted octanol–water partition coefficient (Wildman–Crippen LogP) is 10.7. The van der Waals surface area contributed by atoms with Crippen LogP contribution in [0.5, 0.6) is 0 Å². The van der Waals surface area contributed by atoms with Crippen molar-refractivity contribution < 1.29 is 0 Å². The molecule has 0 aromatic heterocycles. The second-order valence-corrected chi connectivity index (χ2v) is 9.30. The average Bonchev–Trinajstić information content (AvgIpc) is 2.72. The molecule has 0 rings (SSSR count). The molecule has 0 heteroatoms. The Hall–Kier alpha value is -0.260. The molecule has 2 unspecified atom stereocenters. The normalized spacial score (nSPS) is 14.0. The molecule has 0 saturated heterocycles. The van der Waals surface area contributed by atoms with Gasteiger partial charge in [-0.3, -0.25) is 0 Å². The molecule has 0 bridgehead atoms. The Bertz CT molecular complexity index is 303. The van der Waals surface area contributed by atoms with Crippen molar-refractivity contribution >= 4 is 0 Å². The van der Waals surface area contributed by atoms with E-state index < -0.39 is 0 Å². The molecule has 0 amide bonds. The van der Waals surface area contributed by atoms with E-state index in [4.69, 9.17) is 0 Å². The van der Waals surface area contributed by atoms with E-state index in [0.29, 0.717) is 0 Å². The Balaban J connectivity index is 3.50. The molecule has 2 atom stereocenters. The van der Waals surface area contributed by atoms with Crippen molar-refractivity contribution in [3.05, 3.63) is 12.2 Å². The van der Waals surface area contributed by atoms with Gasteiger partial charge in [0, 0.05) is 0 Å². The number of allylic oxidation sites excluding steroid dienone is 2. The summed E-state index contributed by atoms with van der Waals surface area (Å²) in [5, 5.41) is 0. The quantitative estimate of drug-likeness (QED) is 0.127. The minimum absolute atomic E-state index is 1.00. The van der Waals surface area contributed by atoms with Crippen LogP contribution in [0.25, 0.3) is 0 Å². The zero-order valence-electron chi connectivity index (χ0n) is 20.5. The molecule has 0 saturated carbocycles. The van der Waals surface area contributed by atoms with E-state index in [1.54, 1.807) is 0 Å². The smallest absolute Gasteiger partial charge is 0.0351 e. The summed E-state index contributed by atoms with van der Waals surface area (Å²) in [4.78, 5) is 0. The van der Waals surface area contributed by atoms with Gasteiger partial charge in [-0.1, -0.05) is 148 Å². The monoisotopic (exact) mass is 392 g/mol. The fourth-order valence-corrected chi connectivity index (χ4v) is 4.58. The molecular weight excluding hydrogens is 336 g/mol. The van der Waals surface area contributed by atoms with Crippen LogP contribution in [0.3, 0.4) is 0 Å². The lowest BCUT2D eigenvalue weighted by atomic mass is 9.88. The van der Waals surface area contributed by atoms with Gasteiger partial charge in [-0.25, -0.2) is 0 Å². The van der Waals surface area contributed by atoms with Gasteiger partial charge in [-0.2, -0.15) is 0 Å². The van der Waals surface area contributed by atoms with Crippen LogP contribution in [0.2, 0.25) is 0 Å². The van der Waals surface area contributed by atoms with E-state index in [9.17, 15) is 0 Å². The third kappa shape index (κ3) is 19.1. The zero-order valence-corrected chi connectivity index (χ0v) is 20.5. The van der Waals surface area contributed by atoms with Crippen LogP contribution in [0.15, 0.2) is 12.2 Å². The van der Waals surface area contributed by atoms with Crippen LogP contribution in [-0.2, 0) is 0 Å². The molecule has 0 nitrogen and oxygen atoms in total. The zero-order chi connectivity index (χ0) is 20.7. The Morgan fingerprint density at radius 2 is 0.929 bits per heavy atom. The van der Waals surface area contributed by atoms with E-state index in [2.05, 4.69) is 39.8 Å². The van der Waals surface area contributed by atoms with Crippen LogP contribution in [-0.4, -0.2) is 0 Å². The Labute approximate surface area is 180 Å². The molecule has 0 aliphatic carbocycles. The summed E-state index contributed by atoms with van der Waals surface area (Å²) >= 11 is 0. The van der Waals surface area contributed by atoms with E-state index in [-0.39, 0.29) is 0 Å². The Morgan fingerprint density at radius 3 is 1.39 bits per heavy atom. The fourth-order valence-electron chi connectivity index (χ4n) is 4.58. The highest BCUT2D eigenvalue weighted by atomic mass is 14.2. The first-order chi connectivity index (χ1) is 13.8. The van der Waals surface area contributed by atoms with Crippen molar-refractivity contribution in [2.24, 2.45) is 11.8 Å². The van der Waals surface area contributed by atoms with Crippen LogP contribution in [0, 0.1) is 11.8 Å². The molecule has 168 valence electrons. The lowest BCUT2D eigenvalue weighted by molar-refractivity contribution is 0.351. The van der Waals surface area contributed by atoms with Crippen LogP contribution in [0.1, 0.15) is 156 Å². The first kappa shape index (κ1) is 27.7. The van der Waals surface area contributed by atoms with Gasteiger partial charge in [0.2, 0.25) is 0 Å². The molecule has 28 heavy (non-hydrogen) atoms. The highest BCUT2D eigenvalue weighted by molar-refractivity contribution is 4.76. The van der Waals surface area contributed by atoms with Crippen molar-refractivity contribution in [3.8, 4) is 0 Å². The Kier molecular flexibility index (Phi) is 22.8. The summed E-state index contributed by atoms with van der Waals surface area (Å²) in [5.74, 6) is 2.01. The van der Waals surface area contributed by atoms with Gasteiger partial charge in [0.1, 0.15) is 0 Å². The maximum Gasteiger partial charge on any atom is -0.0351 e. The highest BCUT2D eigenvalue weighted by Gasteiger charge is 2.10. The van der Waals surface area contributed by atoms with Crippen molar-refractivity contribution in [1.82, 2.24) is 0 Å². The minimum atomic E-state index is 1.00. The summed E-state index contributed by atoms with van der Waals surface area (Å²) < 4.78 is 0. The van der Waals surface area contributed by atoms with Crippen LogP contribution in [0.4, 0.5) is 0 Å². The van der Waals surface area contributed by atoms with Crippen molar-refractivity contribution in [3.63, 3.8) is 0 Å². The van der Waals surface area contributed by atoms with Crippen molar-refractivity contribution in [1.29, 1.82) is 0 Å². The maximum atomic E-state index is 2.42. The van der Waals surface area contributed by atoms with Gasteiger partial charge in [-0.15, -0.1) is 0 Å². The third-order valence-corrected chi connectivity index (χ3v) is 6.81.